The molecule has 0 spiro atoms. The topological polar surface area (TPSA) is 13.1 Å². The molecule has 0 aliphatic rings. The van der Waals surface area contributed by atoms with Crippen LogP contribution in [-0.2, 0) is 0 Å². The number of rotatable bonds is 3. The summed E-state index contributed by atoms with van der Waals surface area (Å²) in [7, 11) is 0. The predicted molar refractivity (Wildman–Crippen MR) is 80.3 cm³/mol. The molecule has 2 heteroatoms. The van der Waals surface area contributed by atoms with Crippen molar-refractivity contribution in [2.75, 3.05) is 0 Å². The quantitative estimate of drug-likeness (QED) is 0.555. The highest BCUT2D eigenvalue weighted by Crippen LogP contribution is 2.34. The monoisotopic (exact) mass is 302 g/mol. The minimum Gasteiger partial charge on any atom is -0.456 e. The summed E-state index contributed by atoms with van der Waals surface area (Å²) in [6, 6.07) is 14.7. The van der Waals surface area contributed by atoms with Gasteiger partial charge in [-0.3, -0.25) is 0 Å². The lowest BCUT2D eigenvalue weighted by atomic mass is 10.0. The highest BCUT2D eigenvalue weighted by molar-refractivity contribution is 9.09. The van der Waals surface area contributed by atoms with Gasteiger partial charge in [-0.15, -0.1) is 0 Å². The van der Waals surface area contributed by atoms with Crippen LogP contribution in [0.4, 0.5) is 0 Å². The SMILES string of the molecule is CCCC(Br)c1ccc2oc3ccccc3c2c1. The molecule has 0 saturated carbocycles. The van der Waals surface area contributed by atoms with Gasteiger partial charge in [0.25, 0.3) is 0 Å². The first-order chi connectivity index (χ1) is 8.79. The average molecular weight is 303 g/mol. The van der Waals surface area contributed by atoms with E-state index in [2.05, 4.69) is 53.2 Å². The molecule has 0 radical (unpaired) electrons. The van der Waals surface area contributed by atoms with Crippen LogP contribution in [0.15, 0.2) is 46.9 Å². The van der Waals surface area contributed by atoms with Crippen LogP contribution in [0.25, 0.3) is 21.9 Å². The first-order valence-corrected chi connectivity index (χ1v) is 7.26. The number of furan rings is 1. The number of hydrogen-bond acceptors (Lipinski definition) is 1. The molecule has 3 aromatic rings. The first kappa shape index (κ1) is 11.8. The van der Waals surface area contributed by atoms with Crippen LogP contribution >= 0.6 is 15.9 Å². The Labute approximate surface area is 115 Å². The number of halogens is 1. The largest absolute Gasteiger partial charge is 0.456 e. The minimum absolute atomic E-state index is 0.431. The first-order valence-electron chi connectivity index (χ1n) is 6.35. The molecule has 0 N–H and O–H groups in total. The van der Waals surface area contributed by atoms with E-state index in [9.17, 15) is 0 Å². The summed E-state index contributed by atoms with van der Waals surface area (Å²) in [5.41, 5.74) is 3.26. The zero-order valence-corrected chi connectivity index (χ0v) is 11.9. The number of alkyl halides is 1. The van der Waals surface area contributed by atoms with Gasteiger partial charge >= 0.3 is 0 Å². The van der Waals surface area contributed by atoms with Crippen LogP contribution in [0.1, 0.15) is 30.2 Å². The van der Waals surface area contributed by atoms with E-state index < -0.39 is 0 Å². The van der Waals surface area contributed by atoms with Crippen LogP contribution in [0.3, 0.4) is 0 Å². The van der Waals surface area contributed by atoms with Gasteiger partial charge in [0.05, 0.1) is 0 Å². The molecule has 3 rings (SSSR count). The zero-order chi connectivity index (χ0) is 12.5. The molecular formula is C16H15BrO. The van der Waals surface area contributed by atoms with E-state index >= 15 is 0 Å². The highest BCUT2D eigenvalue weighted by Gasteiger charge is 2.10. The Bertz CT molecular complexity index is 684. The van der Waals surface area contributed by atoms with Crippen molar-refractivity contribution in [2.45, 2.75) is 24.6 Å². The third kappa shape index (κ3) is 1.95. The Balaban J connectivity index is 2.18. The molecule has 1 aromatic heterocycles. The van der Waals surface area contributed by atoms with Crippen LogP contribution < -0.4 is 0 Å². The van der Waals surface area contributed by atoms with E-state index in [1.54, 1.807) is 0 Å². The van der Waals surface area contributed by atoms with E-state index in [0.29, 0.717) is 4.83 Å². The fourth-order valence-corrected chi connectivity index (χ4v) is 3.10. The van der Waals surface area contributed by atoms with Gasteiger partial charge in [-0.1, -0.05) is 53.5 Å². The predicted octanol–water partition coefficient (Wildman–Crippen LogP) is 5.82. The van der Waals surface area contributed by atoms with Crippen molar-refractivity contribution in [1.82, 2.24) is 0 Å². The van der Waals surface area contributed by atoms with E-state index in [-0.39, 0.29) is 0 Å². The number of para-hydroxylation sites is 1. The Kier molecular flexibility index (Phi) is 3.13. The van der Waals surface area contributed by atoms with Crippen molar-refractivity contribution in [3.05, 3.63) is 48.0 Å². The van der Waals surface area contributed by atoms with E-state index in [4.69, 9.17) is 4.42 Å². The molecular weight excluding hydrogens is 288 g/mol. The maximum atomic E-state index is 5.83. The average Bonchev–Trinajstić information content (AvgIpc) is 2.76. The third-order valence-corrected chi connectivity index (χ3v) is 4.29. The molecule has 18 heavy (non-hydrogen) atoms. The fraction of sp³-hybridized carbons (Fsp3) is 0.250. The van der Waals surface area contributed by atoms with Crippen LogP contribution in [-0.4, -0.2) is 0 Å². The Morgan fingerprint density at radius 2 is 1.83 bits per heavy atom. The zero-order valence-electron chi connectivity index (χ0n) is 10.3. The summed E-state index contributed by atoms with van der Waals surface area (Å²) in [6.45, 7) is 2.21. The van der Waals surface area contributed by atoms with Crippen molar-refractivity contribution in [1.29, 1.82) is 0 Å². The maximum Gasteiger partial charge on any atom is 0.135 e. The summed E-state index contributed by atoms with van der Waals surface area (Å²) >= 11 is 3.75. The lowest BCUT2D eigenvalue weighted by Crippen LogP contribution is -1.88. The second-order valence-electron chi connectivity index (χ2n) is 4.61. The van der Waals surface area contributed by atoms with Gasteiger partial charge in [-0.05, 0) is 30.2 Å². The van der Waals surface area contributed by atoms with Gasteiger partial charge in [0.15, 0.2) is 0 Å². The lowest BCUT2D eigenvalue weighted by molar-refractivity contribution is 0.668. The Morgan fingerprint density at radius 3 is 2.67 bits per heavy atom. The van der Waals surface area contributed by atoms with Crippen molar-refractivity contribution in [3.63, 3.8) is 0 Å². The van der Waals surface area contributed by atoms with Gasteiger partial charge < -0.3 is 4.42 Å². The summed E-state index contributed by atoms with van der Waals surface area (Å²) in [5, 5.41) is 2.41. The van der Waals surface area contributed by atoms with Crippen LogP contribution in [0.5, 0.6) is 0 Å². The molecule has 0 bridgehead atoms. The minimum atomic E-state index is 0.431. The van der Waals surface area contributed by atoms with Crippen molar-refractivity contribution < 1.29 is 4.42 Å². The molecule has 0 saturated heterocycles. The second-order valence-corrected chi connectivity index (χ2v) is 5.72. The molecule has 1 unspecified atom stereocenters. The second kappa shape index (κ2) is 4.77. The Hall–Kier alpha value is -1.28. The molecule has 2 aromatic carbocycles. The van der Waals surface area contributed by atoms with E-state index in [1.807, 2.05) is 12.1 Å². The summed E-state index contributed by atoms with van der Waals surface area (Å²) in [5.74, 6) is 0. The molecule has 0 fully saturated rings. The summed E-state index contributed by atoms with van der Waals surface area (Å²) in [6.07, 6.45) is 2.33. The van der Waals surface area contributed by atoms with Crippen LogP contribution in [0.2, 0.25) is 0 Å². The van der Waals surface area contributed by atoms with Crippen molar-refractivity contribution >= 4 is 37.9 Å². The smallest absolute Gasteiger partial charge is 0.135 e. The molecule has 0 aliphatic heterocycles. The number of benzene rings is 2. The highest BCUT2D eigenvalue weighted by atomic mass is 79.9. The molecule has 1 nitrogen and oxygen atoms in total. The van der Waals surface area contributed by atoms with Gasteiger partial charge in [-0.2, -0.15) is 0 Å². The standard InChI is InChI=1S/C16H15BrO/c1-2-5-14(17)11-8-9-16-13(10-11)12-6-3-4-7-15(12)18-16/h3-4,6-10,14H,2,5H2,1H3. The van der Waals surface area contributed by atoms with Gasteiger partial charge in [0.1, 0.15) is 11.2 Å². The van der Waals surface area contributed by atoms with Crippen molar-refractivity contribution in [2.24, 2.45) is 0 Å². The van der Waals surface area contributed by atoms with Gasteiger partial charge in [-0.25, -0.2) is 0 Å². The number of hydrogen-bond donors (Lipinski definition) is 0. The summed E-state index contributed by atoms with van der Waals surface area (Å²) < 4.78 is 5.83. The molecule has 1 heterocycles. The Morgan fingerprint density at radius 1 is 1.06 bits per heavy atom. The van der Waals surface area contributed by atoms with Crippen molar-refractivity contribution in [3.8, 4) is 0 Å². The maximum absolute atomic E-state index is 5.83. The molecule has 92 valence electrons. The molecule has 0 amide bonds. The molecule has 1 atom stereocenters. The van der Waals surface area contributed by atoms with Gasteiger partial charge in [0.2, 0.25) is 0 Å². The number of fused-ring (bicyclic) bond motifs is 3. The van der Waals surface area contributed by atoms with E-state index in [0.717, 1.165) is 17.6 Å². The summed E-state index contributed by atoms with van der Waals surface area (Å²) in [4.78, 5) is 0.431. The fourth-order valence-electron chi connectivity index (χ4n) is 2.36. The lowest BCUT2D eigenvalue weighted by Gasteiger charge is -2.08. The molecule has 0 aliphatic carbocycles. The van der Waals surface area contributed by atoms with E-state index in [1.165, 1.54) is 22.8 Å². The third-order valence-electron chi connectivity index (χ3n) is 3.30. The van der Waals surface area contributed by atoms with Crippen LogP contribution in [0, 0.1) is 0 Å². The normalized spacial score (nSPS) is 13.2. The van der Waals surface area contributed by atoms with Gasteiger partial charge in [0, 0.05) is 15.6 Å².